The quantitative estimate of drug-likeness (QED) is 0.178. The third-order valence-corrected chi connectivity index (χ3v) is 10.3. The fourth-order valence-electron chi connectivity index (χ4n) is 5.69. The Hall–Kier alpha value is -4.36. The minimum absolute atomic E-state index is 0.0709. The number of hydrogen-bond donors (Lipinski definition) is 2. The lowest BCUT2D eigenvalue weighted by Crippen LogP contribution is -2.59. The van der Waals surface area contributed by atoms with E-state index in [0.717, 1.165) is 42.0 Å². The van der Waals surface area contributed by atoms with E-state index in [9.17, 15) is 30.8 Å². The number of primary amides is 1. The second kappa shape index (κ2) is 12.0. The molecule has 0 saturated carbocycles. The van der Waals surface area contributed by atoms with Gasteiger partial charge in [-0.1, -0.05) is 12.1 Å². The number of carbonyl (C=O) groups is 1. The number of sulfonamides is 1. The van der Waals surface area contributed by atoms with Gasteiger partial charge in [0.2, 0.25) is 0 Å². The van der Waals surface area contributed by atoms with Crippen molar-refractivity contribution >= 4 is 21.7 Å². The van der Waals surface area contributed by atoms with Gasteiger partial charge in [0.1, 0.15) is 23.1 Å². The summed E-state index contributed by atoms with van der Waals surface area (Å²) in [6, 6.07) is 14.4. The third-order valence-electron chi connectivity index (χ3n) is 7.91. The predicted octanol–water partition coefficient (Wildman–Crippen LogP) is 5.83. The zero-order chi connectivity index (χ0) is 31.7. The molecular formula is C31H30F4N5O3S+. The first-order valence-electron chi connectivity index (χ1n) is 13.8. The van der Waals surface area contributed by atoms with Crippen molar-refractivity contribution in [1.29, 1.82) is 0 Å². The molecule has 230 valence electrons. The number of carbonyl (C=O) groups excluding carboxylic acids is 1. The van der Waals surface area contributed by atoms with Crippen LogP contribution >= 0.6 is 0 Å². The molecule has 0 spiro atoms. The highest BCUT2D eigenvalue weighted by atomic mass is 32.2. The summed E-state index contributed by atoms with van der Waals surface area (Å²) in [6.45, 7) is 1.77. The lowest BCUT2D eigenvalue weighted by atomic mass is 10.1. The Morgan fingerprint density at radius 2 is 1.70 bits per heavy atom. The largest absolute Gasteiger partial charge is 0.416 e. The highest BCUT2D eigenvalue weighted by Crippen LogP contribution is 2.39. The van der Waals surface area contributed by atoms with Crippen LogP contribution in [0, 0.1) is 5.82 Å². The number of pyridine rings is 2. The van der Waals surface area contributed by atoms with Crippen LogP contribution in [0.25, 0.3) is 11.3 Å². The molecule has 1 fully saturated rings. The van der Waals surface area contributed by atoms with Crippen LogP contribution < -0.4 is 11.1 Å². The molecule has 2 unspecified atom stereocenters. The number of amides is 1. The average molecular weight is 629 g/mol. The molecule has 44 heavy (non-hydrogen) atoms. The van der Waals surface area contributed by atoms with Gasteiger partial charge in [-0.05, 0) is 73.2 Å². The molecule has 3 N–H and O–H groups in total. The van der Waals surface area contributed by atoms with Crippen LogP contribution in [0.15, 0.2) is 90.1 Å². The van der Waals surface area contributed by atoms with Gasteiger partial charge in [0.05, 0.1) is 23.8 Å². The standard InChI is InChI=1S/C31H29F4N5O3S/c1-20(22-12-14-37-15-13-22)38-29-18-21(17-27(39-29)23-4-6-24(7-5-23)31(33,34)35)19-40(16-2-3-28(40)30(36)41)44(42,43)26-10-8-25(32)9-11-26/h4-15,17-18,20,28H,2-3,16,19H2,1H3,(H2-,36,38,39,41)/p+1/t20?,28-,40?/m0/s1. The summed E-state index contributed by atoms with van der Waals surface area (Å²) in [4.78, 5) is 21.2. The molecule has 0 aliphatic carbocycles. The second-order valence-corrected chi connectivity index (χ2v) is 12.9. The molecule has 2 aromatic carbocycles. The van der Waals surface area contributed by atoms with E-state index in [1.54, 1.807) is 24.5 Å². The maximum atomic E-state index is 14.2. The minimum Gasteiger partial charge on any atom is -0.364 e. The van der Waals surface area contributed by atoms with E-state index in [1.807, 2.05) is 19.1 Å². The Labute approximate surface area is 252 Å². The zero-order valence-electron chi connectivity index (χ0n) is 23.6. The smallest absolute Gasteiger partial charge is 0.364 e. The normalized spacial score (nSPS) is 19.4. The molecule has 1 saturated heterocycles. The van der Waals surface area contributed by atoms with Crippen LogP contribution in [0.1, 0.15) is 42.5 Å². The fraction of sp³-hybridized carbons (Fsp3) is 0.258. The number of likely N-dealkylation sites (tertiary alicyclic amines) is 1. The van der Waals surface area contributed by atoms with E-state index in [2.05, 4.69) is 15.3 Å². The van der Waals surface area contributed by atoms with Crippen molar-refractivity contribution in [3.05, 3.63) is 108 Å². The van der Waals surface area contributed by atoms with Crippen molar-refractivity contribution in [2.45, 2.75) is 49.5 Å². The van der Waals surface area contributed by atoms with Crippen molar-refractivity contribution in [3.8, 4) is 11.3 Å². The van der Waals surface area contributed by atoms with E-state index >= 15 is 0 Å². The van der Waals surface area contributed by atoms with Gasteiger partial charge < -0.3 is 11.1 Å². The molecule has 2 aromatic heterocycles. The Bertz CT molecular complexity index is 1750. The average Bonchev–Trinajstić information content (AvgIpc) is 3.43. The van der Waals surface area contributed by atoms with E-state index in [-0.39, 0.29) is 30.4 Å². The molecule has 1 aliphatic rings. The maximum absolute atomic E-state index is 14.2. The minimum atomic E-state index is -4.52. The Kier molecular flexibility index (Phi) is 8.45. The summed E-state index contributed by atoms with van der Waals surface area (Å²) in [5, 5.41) is 3.28. The lowest BCUT2D eigenvalue weighted by molar-refractivity contribution is -0.823. The fourth-order valence-corrected chi connectivity index (χ4v) is 7.83. The van der Waals surface area contributed by atoms with E-state index in [0.29, 0.717) is 29.1 Å². The summed E-state index contributed by atoms with van der Waals surface area (Å²) >= 11 is 0. The van der Waals surface area contributed by atoms with Gasteiger partial charge in [-0.15, -0.1) is 0 Å². The number of nitrogens with two attached hydrogens (primary N) is 1. The van der Waals surface area contributed by atoms with Crippen LogP contribution in [-0.2, 0) is 27.5 Å². The number of quaternary nitrogens is 1. The van der Waals surface area contributed by atoms with Crippen LogP contribution in [0.4, 0.5) is 23.4 Å². The molecule has 3 heterocycles. The van der Waals surface area contributed by atoms with E-state index in [4.69, 9.17) is 5.73 Å². The van der Waals surface area contributed by atoms with E-state index in [1.165, 1.54) is 12.1 Å². The van der Waals surface area contributed by atoms with Gasteiger partial charge in [0.25, 0.3) is 5.91 Å². The predicted molar refractivity (Wildman–Crippen MR) is 156 cm³/mol. The Morgan fingerprint density at radius 1 is 1.05 bits per heavy atom. The van der Waals surface area contributed by atoms with Gasteiger partial charge in [-0.25, -0.2) is 13.3 Å². The summed E-state index contributed by atoms with van der Waals surface area (Å²) < 4.78 is 81.2. The molecule has 3 atom stereocenters. The number of nitrogens with one attached hydrogen (secondary N) is 1. The summed E-state index contributed by atoms with van der Waals surface area (Å²) in [6.07, 6.45) is -0.621. The number of rotatable bonds is 9. The third kappa shape index (κ3) is 6.15. The Morgan fingerprint density at radius 3 is 2.32 bits per heavy atom. The Balaban J connectivity index is 1.62. The number of aromatic nitrogens is 2. The molecule has 0 radical (unpaired) electrons. The highest BCUT2D eigenvalue weighted by Gasteiger charge is 2.55. The van der Waals surface area contributed by atoms with Crippen LogP contribution in [0.3, 0.4) is 0 Å². The molecule has 13 heteroatoms. The molecular weight excluding hydrogens is 598 g/mol. The summed E-state index contributed by atoms with van der Waals surface area (Å²) in [7, 11) is -4.29. The molecule has 8 nitrogen and oxygen atoms in total. The maximum Gasteiger partial charge on any atom is 0.416 e. The second-order valence-electron chi connectivity index (χ2n) is 10.8. The first kappa shape index (κ1) is 31.1. The van der Waals surface area contributed by atoms with Crippen LogP contribution in [0.2, 0.25) is 0 Å². The van der Waals surface area contributed by atoms with Crippen molar-refractivity contribution in [3.63, 3.8) is 0 Å². The SMILES string of the molecule is CC(Nc1cc(C[N+]2(S(=O)(=O)c3ccc(F)cc3)CCC[C@H]2C(N)=O)cc(-c2ccc(C(F)(F)F)cc2)n1)c1ccncc1. The van der Waals surface area contributed by atoms with Crippen LogP contribution in [-0.4, -0.2) is 40.8 Å². The van der Waals surface area contributed by atoms with Crippen molar-refractivity contribution in [1.82, 2.24) is 9.97 Å². The van der Waals surface area contributed by atoms with Crippen molar-refractivity contribution in [2.24, 2.45) is 5.73 Å². The number of hydrogen-bond acceptors (Lipinski definition) is 6. The topological polar surface area (TPSA) is 115 Å². The molecule has 5 rings (SSSR count). The van der Waals surface area contributed by atoms with Gasteiger partial charge in [-0.3, -0.25) is 9.78 Å². The van der Waals surface area contributed by atoms with Gasteiger partial charge in [0.15, 0.2) is 6.04 Å². The number of anilines is 1. The number of halogens is 4. The van der Waals surface area contributed by atoms with Crippen molar-refractivity contribution < 1.29 is 34.7 Å². The number of nitrogens with zero attached hydrogens (tertiary/aromatic N) is 3. The summed E-state index contributed by atoms with van der Waals surface area (Å²) in [5.74, 6) is -1.05. The monoisotopic (exact) mass is 628 g/mol. The summed E-state index contributed by atoms with van der Waals surface area (Å²) in [5.41, 5.74) is 6.95. The molecule has 1 aliphatic heterocycles. The van der Waals surface area contributed by atoms with Crippen molar-refractivity contribution in [2.75, 3.05) is 11.9 Å². The molecule has 1 amide bonds. The highest BCUT2D eigenvalue weighted by molar-refractivity contribution is 7.86. The van der Waals surface area contributed by atoms with E-state index < -0.39 is 43.4 Å². The zero-order valence-corrected chi connectivity index (χ0v) is 24.4. The van der Waals surface area contributed by atoms with Gasteiger partial charge >= 0.3 is 16.2 Å². The first-order chi connectivity index (χ1) is 20.8. The number of benzene rings is 2. The van der Waals surface area contributed by atoms with Gasteiger partial charge in [-0.2, -0.15) is 21.6 Å². The molecule has 4 aromatic rings. The molecule has 0 bridgehead atoms. The van der Waals surface area contributed by atoms with Gasteiger partial charge in [0, 0.05) is 36.4 Å². The lowest BCUT2D eigenvalue weighted by Gasteiger charge is -2.37. The first-order valence-corrected chi connectivity index (χ1v) is 15.3. The van der Waals surface area contributed by atoms with Crippen LogP contribution in [0.5, 0.6) is 0 Å². The number of alkyl halides is 3.